The first-order chi connectivity index (χ1) is 19.4. The van der Waals surface area contributed by atoms with E-state index in [4.69, 9.17) is 33.8 Å². The minimum Gasteiger partial charge on any atom is -0.333 e. The zero-order chi connectivity index (χ0) is 27.8. The van der Waals surface area contributed by atoms with Gasteiger partial charge in [0.05, 0.1) is 21.6 Å². The van der Waals surface area contributed by atoms with Crippen molar-refractivity contribution in [3.8, 4) is 10.6 Å². The molecule has 0 saturated heterocycles. The van der Waals surface area contributed by atoms with E-state index >= 15 is 0 Å². The average Bonchev–Trinajstić information content (AvgIpc) is 3.35. The maximum atomic E-state index is 13.5. The third-order valence-corrected chi connectivity index (χ3v) is 8.17. The topological polar surface area (TPSA) is 69.6 Å². The first-order valence-electron chi connectivity index (χ1n) is 12.6. The smallest absolute Gasteiger partial charge is 0.272 e. The van der Waals surface area contributed by atoms with Crippen molar-refractivity contribution >= 4 is 73.5 Å². The quantitative estimate of drug-likeness (QED) is 0.223. The van der Waals surface area contributed by atoms with Crippen LogP contribution in [0.15, 0.2) is 96.0 Å². The highest BCUT2D eigenvalue weighted by Gasteiger charge is 2.30. The van der Waals surface area contributed by atoms with Crippen LogP contribution in [0.1, 0.15) is 16.7 Å². The summed E-state index contributed by atoms with van der Waals surface area (Å²) in [6.45, 7) is 2.08. The summed E-state index contributed by atoms with van der Waals surface area (Å²) in [6, 6.07) is 29.3. The van der Waals surface area contributed by atoms with Crippen LogP contribution in [0, 0.1) is 6.92 Å². The second kappa shape index (κ2) is 10.8. The molecule has 9 heteroatoms. The van der Waals surface area contributed by atoms with E-state index in [2.05, 4.69) is 35.8 Å². The lowest BCUT2D eigenvalue weighted by Crippen LogP contribution is -2.47. The second-order valence-electron chi connectivity index (χ2n) is 9.47. The van der Waals surface area contributed by atoms with E-state index in [1.165, 1.54) is 10.3 Å². The van der Waals surface area contributed by atoms with Crippen LogP contribution in [0.25, 0.3) is 20.8 Å². The zero-order valence-corrected chi connectivity index (χ0v) is 24.1. The molecule has 1 aromatic heterocycles. The van der Waals surface area contributed by atoms with Crippen molar-refractivity contribution in [3.05, 3.63) is 113 Å². The Hall–Kier alpha value is -4.11. The number of aromatic nitrogens is 1. The molecule has 2 N–H and O–H groups in total. The van der Waals surface area contributed by atoms with Crippen molar-refractivity contribution in [3.63, 3.8) is 0 Å². The lowest BCUT2D eigenvalue weighted by molar-refractivity contribution is -0.119. The molecule has 0 saturated carbocycles. The van der Waals surface area contributed by atoms with Crippen molar-refractivity contribution in [2.45, 2.75) is 13.1 Å². The molecule has 1 atom stereocenters. The number of likely N-dealkylation sites (N-methyl/N-ethyl adjacent to an activating group) is 1. The van der Waals surface area contributed by atoms with Crippen LogP contribution in [0.4, 0.5) is 11.4 Å². The molecule has 4 aromatic carbocycles. The van der Waals surface area contributed by atoms with Crippen LogP contribution in [-0.4, -0.2) is 34.9 Å². The number of amides is 1. The van der Waals surface area contributed by atoms with Crippen molar-refractivity contribution in [2.75, 3.05) is 17.3 Å². The Balaban J connectivity index is 1.23. The number of hydrogen-bond donors (Lipinski definition) is 2. The number of hydrogen-bond acceptors (Lipinski definition) is 5. The molecule has 0 fully saturated rings. The van der Waals surface area contributed by atoms with Crippen molar-refractivity contribution in [2.24, 2.45) is 4.99 Å². The van der Waals surface area contributed by atoms with Crippen LogP contribution >= 0.6 is 35.2 Å². The van der Waals surface area contributed by atoms with Gasteiger partial charge < -0.3 is 15.5 Å². The zero-order valence-electron chi connectivity index (χ0n) is 21.7. The van der Waals surface area contributed by atoms with E-state index in [9.17, 15) is 4.79 Å². The lowest BCUT2D eigenvalue weighted by atomic mass is 10.0. The number of benzodiazepines with no additional fused rings is 1. The molecular formula is C31H24ClN5OS2. The molecule has 0 radical (unpaired) electrons. The molecule has 0 spiro atoms. The lowest BCUT2D eigenvalue weighted by Gasteiger charge is -2.22. The number of anilines is 2. The number of carbonyl (C=O) groups is 1. The molecule has 1 aliphatic heterocycles. The number of carbonyl (C=O) groups excluding carboxylic acids is 1. The first-order valence-corrected chi connectivity index (χ1v) is 14.2. The van der Waals surface area contributed by atoms with Crippen LogP contribution in [0.3, 0.4) is 0 Å². The molecule has 40 heavy (non-hydrogen) atoms. The fraction of sp³-hybridized carbons (Fsp3) is 0.0968. The highest BCUT2D eigenvalue weighted by Crippen LogP contribution is 2.32. The summed E-state index contributed by atoms with van der Waals surface area (Å²) in [5, 5.41) is 8.10. The Morgan fingerprint density at radius 3 is 2.52 bits per heavy atom. The summed E-state index contributed by atoms with van der Waals surface area (Å²) in [7, 11) is 1.73. The number of aryl methyl sites for hydroxylation is 1. The van der Waals surface area contributed by atoms with Crippen LogP contribution in [-0.2, 0) is 4.79 Å². The minimum atomic E-state index is -0.933. The van der Waals surface area contributed by atoms with Crippen molar-refractivity contribution < 1.29 is 4.79 Å². The molecule has 2 heterocycles. The van der Waals surface area contributed by atoms with Crippen LogP contribution in [0.2, 0.25) is 5.02 Å². The van der Waals surface area contributed by atoms with E-state index in [1.54, 1.807) is 29.4 Å². The van der Waals surface area contributed by atoms with Gasteiger partial charge in [0.15, 0.2) is 5.11 Å². The van der Waals surface area contributed by atoms with Gasteiger partial charge in [-0.2, -0.15) is 0 Å². The maximum absolute atomic E-state index is 13.5. The Bertz CT molecular complexity index is 1780. The SMILES string of the molecule is Cc1ccc2nc(-c3ccc(NC(=S)NC4N=C(c5ccccc5)c5cc(Cl)ccc5N(C)C4=O)cc3)sc2c1. The predicted octanol–water partition coefficient (Wildman–Crippen LogP) is 7.05. The van der Waals surface area contributed by atoms with Crippen LogP contribution < -0.4 is 15.5 Å². The largest absolute Gasteiger partial charge is 0.333 e. The summed E-state index contributed by atoms with van der Waals surface area (Å²) < 4.78 is 1.17. The van der Waals surface area contributed by atoms with Gasteiger partial charge in [0, 0.05) is 34.4 Å². The number of nitrogens with one attached hydrogen (secondary N) is 2. The van der Waals surface area contributed by atoms with E-state index in [-0.39, 0.29) is 11.0 Å². The van der Waals surface area contributed by atoms with Gasteiger partial charge in [-0.1, -0.05) is 48.0 Å². The van der Waals surface area contributed by atoms with Crippen molar-refractivity contribution in [1.29, 1.82) is 0 Å². The second-order valence-corrected chi connectivity index (χ2v) is 11.3. The summed E-state index contributed by atoms with van der Waals surface area (Å²) in [4.78, 5) is 24.7. The summed E-state index contributed by atoms with van der Waals surface area (Å²) in [6.07, 6.45) is -0.933. The Morgan fingerprint density at radius 1 is 0.975 bits per heavy atom. The monoisotopic (exact) mass is 581 g/mol. The van der Waals surface area contributed by atoms with Gasteiger partial charge in [-0.05, 0) is 79.3 Å². The summed E-state index contributed by atoms with van der Waals surface area (Å²) >= 11 is 13.6. The molecular weight excluding hydrogens is 558 g/mol. The number of halogens is 1. The van der Waals surface area contributed by atoms with E-state index in [0.717, 1.165) is 38.6 Å². The normalized spacial score (nSPS) is 14.9. The standard InChI is InChI=1S/C31H24ClN5OS2/c1-18-8-14-24-26(16-18)40-29(34-24)20-9-12-22(13-10-20)33-31(39)36-28-30(38)37(2)25-15-11-21(32)17-23(25)27(35-28)19-6-4-3-5-7-19/h3-17,28H,1-2H3,(H2,33,36,39). The Labute approximate surface area is 246 Å². The highest BCUT2D eigenvalue weighted by molar-refractivity contribution is 7.80. The molecule has 0 bridgehead atoms. The predicted molar refractivity (Wildman–Crippen MR) is 170 cm³/mol. The number of rotatable bonds is 4. The molecule has 198 valence electrons. The number of nitrogens with zero attached hydrogens (tertiary/aromatic N) is 3. The molecule has 6 nitrogen and oxygen atoms in total. The Kier molecular flexibility index (Phi) is 7.06. The molecule has 5 aromatic rings. The average molecular weight is 582 g/mol. The first kappa shape index (κ1) is 26.1. The number of benzene rings is 4. The summed E-state index contributed by atoms with van der Waals surface area (Å²) in [5.41, 5.74) is 7.06. The third kappa shape index (κ3) is 5.21. The van der Waals surface area contributed by atoms with Gasteiger partial charge in [0.1, 0.15) is 5.01 Å². The van der Waals surface area contributed by atoms with Gasteiger partial charge in [-0.15, -0.1) is 11.3 Å². The van der Waals surface area contributed by atoms with E-state index < -0.39 is 6.17 Å². The van der Waals surface area contributed by atoms with Gasteiger partial charge in [0.25, 0.3) is 5.91 Å². The molecule has 1 amide bonds. The molecule has 1 unspecified atom stereocenters. The molecule has 0 aliphatic carbocycles. The number of fused-ring (bicyclic) bond motifs is 2. The van der Waals surface area contributed by atoms with Crippen LogP contribution in [0.5, 0.6) is 0 Å². The fourth-order valence-corrected chi connectivity index (χ4v) is 6.08. The van der Waals surface area contributed by atoms with Gasteiger partial charge >= 0.3 is 0 Å². The molecule has 6 rings (SSSR count). The minimum absolute atomic E-state index is 0.236. The number of thiazole rings is 1. The Morgan fingerprint density at radius 2 is 1.75 bits per heavy atom. The van der Waals surface area contributed by atoms with Gasteiger partial charge in [-0.3, -0.25) is 4.79 Å². The van der Waals surface area contributed by atoms with Gasteiger partial charge in [-0.25, -0.2) is 9.98 Å². The van der Waals surface area contributed by atoms with E-state index in [1.807, 2.05) is 66.7 Å². The number of thiocarbonyl (C=S) groups is 1. The van der Waals surface area contributed by atoms with Crippen molar-refractivity contribution in [1.82, 2.24) is 10.3 Å². The maximum Gasteiger partial charge on any atom is 0.272 e. The third-order valence-electron chi connectivity index (χ3n) is 6.65. The highest BCUT2D eigenvalue weighted by atomic mass is 35.5. The summed E-state index contributed by atoms with van der Waals surface area (Å²) in [5.74, 6) is -0.236. The fourth-order valence-electron chi connectivity index (χ4n) is 4.61. The number of aliphatic imine (C=N–C) groups is 1. The molecule has 1 aliphatic rings. The van der Waals surface area contributed by atoms with E-state index in [0.29, 0.717) is 10.7 Å². The van der Waals surface area contributed by atoms with Gasteiger partial charge in [0.2, 0.25) is 6.17 Å².